The molecule has 2 aliphatic heterocycles. The molecule has 3 rings (SSSR count). The molecule has 4 nitrogen and oxygen atoms in total. The van der Waals surface area contributed by atoms with Crippen LogP contribution in [-0.4, -0.2) is 50.3 Å². The van der Waals surface area contributed by atoms with E-state index in [4.69, 9.17) is 9.47 Å². The standard InChI is InChI=1S/C12H18N2O2S/c1-2-11(17-7-1)12-15-8-10(9-16-12)14-5-3-13-4-6-14/h1-2,7,10,12-13H,3-6,8-9H2. The van der Waals surface area contributed by atoms with Gasteiger partial charge in [-0.05, 0) is 11.4 Å². The number of nitrogens with zero attached hydrogens (tertiary/aromatic N) is 1. The number of rotatable bonds is 2. The quantitative estimate of drug-likeness (QED) is 0.856. The predicted octanol–water partition coefficient (Wildman–Crippen LogP) is 1.07. The van der Waals surface area contributed by atoms with E-state index >= 15 is 0 Å². The van der Waals surface area contributed by atoms with Crippen molar-refractivity contribution >= 4 is 11.3 Å². The topological polar surface area (TPSA) is 33.7 Å². The summed E-state index contributed by atoms with van der Waals surface area (Å²) in [6, 6.07) is 4.53. The molecule has 0 aliphatic carbocycles. The highest BCUT2D eigenvalue weighted by molar-refractivity contribution is 7.10. The van der Waals surface area contributed by atoms with Crippen LogP contribution < -0.4 is 5.32 Å². The minimum absolute atomic E-state index is 0.144. The SMILES string of the molecule is c1csc(C2OCC(N3CCNCC3)CO2)c1. The van der Waals surface area contributed by atoms with Gasteiger partial charge in [0.05, 0.1) is 24.1 Å². The molecule has 94 valence electrons. The van der Waals surface area contributed by atoms with E-state index < -0.39 is 0 Å². The lowest BCUT2D eigenvalue weighted by Crippen LogP contribution is -2.53. The van der Waals surface area contributed by atoms with E-state index in [1.54, 1.807) is 11.3 Å². The number of ether oxygens (including phenoxy) is 2. The molecule has 0 spiro atoms. The minimum atomic E-state index is -0.144. The zero-order chi connectivity index (χ0) is 11.5. The Morgan fingerprint density at radius 2 is 2.00 bits per heavy atom. The van der Waals surface area contributed by atoms with Crippen molar-refractivity contribution in [3.63, 3.8) is 0 Å². The molecule has 1 aromatic rings. The van der Waals surface area contributed by atoms with Crippen molar-refractivity contribution in [2.75, 3.05) is 39.4 Å². The Balaban J connectivity index is 1.53. The van der Waals surface area contributed by atoms with Gasteiger partial charge >= 0.3 is 0 Å². The van der Waals surface area contributed by atoms with Crippen LogP contribution in [0.25, 0.3) is 0 Å². The second kappa shape index (κ2) is 5.46. The van der Waals surface area contributed by atoms with Crippen molar-refractivity contribution in [1.82, 2.24) is 10.2 Å². The zero-order valence-electron chi connectivity index (χ0n) is 9.80. The fourth-order valence-electron chi connectivity index (χ4n) is 2.34. The van der Waals surface area contributed by atoms with Crippen LogP contribution in [0.1, 0.15) is 11.2 Å². The number of hydrogen-bond acceptors (Lipinski definition) is 5. The summed E-state index contributed by atoms with van der Waals surface area (Å²) in [4.78, 5) is 3.63. The Hall–Kier alpha value is -0.460. The fourth-order valence-corrected chi connectivity index (χ4v) is 3.06. The van der Waals surface area contributed by atoms with Gasteiger partial charge in [-0.1, -0.05) is 6.07 Å². The van der Waals surface area contributed by atoms with Gasteiger partial charge < -0.3 is 14.8 Å². The highest BCUT2D eigenvalue weighted by atomic mass is 32.1. The molecule has 2 saturated heterocycles. The second-order valence-corrected chi connectivity index (χ2v) is 5.43. The van der Waals surface area contributed by atoms with Gasteiger partial charge in [-0.2, -0.15) is 0 Å². The molecule has 0 unspecified atom stereocenters. The van der Waals surface area contributed by atoms with Crippen LogP contribution >= 0.6 is 11.3 Å². The molecule has 0 saturated carbocycles. The summed E-state index contributed by atoms with van der Waals surface area (Å²) in [5.41, 5.74) is 0. The van der Waals surface area contributed by atoms with E-state index in [2.05, 4.69) is 21.7 Å². The van der Waals surface area contributed by atoms with Gasteiger partial charge in [0.25, 0.3) is 0 Å². The second-order valence-electron chi connectivity index (χ2n) is 4.45. The largest absolute Gasteiger partial charge is 0.346 e. The smallest absolute Gasteiger partial charge is 0.193 e. The predicted molar refractivity (Wildman–Crippen MR) is 67.2 cm³/mol. The van der Waals surface area contributed by atoms with Gasteiger partial charge in [0.1, 0.15) is 0 Å². The molecule has 2 aliphatic rings. The van der Waals surface area contributed by atoms with Crippen molar-refractivity contribution in [2.24, 2.45) is 0 Å². The van der Waals surface area contributed by atoms with E-state index in [0.29, 0.717) is 6.04 Å². The van der Waals surface area contributed by atoms with Crippen LogP contribution in [0.15, 0.2) is 17.5 Å². The first kappa shape index (κ1) is 11.6. The molecule has 0 bridgehead atoms. The monoisotopic (exact) mass is 254 g/mol. The molecular formula is C12H18N2O2S. The molecule has 3 heterocycles. The molecule has 0 atom stereocenters. The van der Waals surface area contributed by atoms with Crippen molar-refractivity contribution in [1.29, 1.82) is 0 Å². The summed E-state index contributed by atoms with van der Waals surface area (Å²) < 4.78 is 11.6. The maximum atomic E-state index is 5.81. The van der Waals surface area contributed by atoms with Crippen LogP contribution in [-0.2, 0) is 9.47 Å². The van der Waals surface area contributed by atoms with E-state index in [1.807, 2.05) is 6.07 Å². The summed E-state index contributed by atoms with van der Waals surface area (Å²) >= 11 is 1.69. The van der Waals surface area contributed by atoms with E-state index in [9.17, 15) is 0 Å². The highest BCUT2D eigenvalue weighted by Gasteiger charge is 2.28. The van der Waals surface area contributed by atoms with Gasteiger partial charge in [0, 0.05) is 26.2 Å². The van der Waals surface area contributed by atoms with Gasteiger partial charge in [-0.15, -0.1) is 11.3 Å². The van der Waals surface area contributed by atoms with Gasteiger partial charge in [0.2, 0.25) is 0 Å². The summed E-state index contributed by atoms with van der Waals surface area (Å²) in [6.45, 7) is 5.91. The summed E-state index contributed by atoms with van der Waals surface area (Å²) in [6.07, 6.45) is -0.144. The number of hydrogen-bond donors (Lipinski definition) is 1. The number of thiophene rings is 1. The van der Waals surface area contributed by atoms with Crippen molar-refractivity contribution in [2.45, 2.75) is 12.3 Å². The highest BCUT2D eigenvalue weighted by Crippen LogP contribution is 2.27. The summed E-state index contributed by atoms with van der Waals surface area (Å²) in [5, 5.41) is 5.42. The lowest BCUT2D eigenvalue weighted by molar-refractivity contribution is -0.208. The molecule has 1 aromatic heterocycles. The van der Waals surface area contributed by atoms with Crippen LogP contribution in [0.2, 0.25) is 0 Å². The van der Waals surface area contributed by atoms with Crippen LogP contribution in [0, 0.1) is 0 Å². The molecule has 1 N–H and O–H groups in total. The van der Waals surface area contributed by atoms with Gasteiger partial charge in [0.15, 0.2) is 6.29 Å². The average molecular weight is 254 g/mol. The van der Waals surface area contributed by atoms with Crippen LogP contribution in [0.4, 0.5) is 0 Å². The average Bonchev–Trinajstić information content (AvgIpc) is 2.94. The first-order valence-electron chi connectivity index (χ1n) is 6.15. The number of piperazine rings is 1. The molecule has 0 aromatic carbocycles. The third kappa shape index (κ3) is 2.69. The Kier molecular flexibility index (Phi) is 3.73. The Morgan fingerprint density at radius 1 is 1.24 bits per heavy atom. The molecule has 0 radical (unpaired) electrons. The molecule has 2 fully saturated rings. The lowest BCUT2D eigenvalue weighted by atomic mass is 10.2. The first-order valence-corrected chi connectivity index (χ1v) is 7.03. The maximum absolute atomic E-state index is 5.81. The Labute approximate surface area is 106 Å². The molecule has 17 heavy (non-hydrogen) atoms. The summed E-state index contributed by atoms with van der Waals surface area (Å²) in [5.74, 6) is 0. The molecular weight excluding hydrogens is 236 g/mol. The summed E-state index contributed by atoms with van der Waals surface area (Å²) in [7, 11) is 0. The maximum Gasteiger partial charge on any atom is 0.193 e. The Bertz CT molecular complexity index is 330. The van der Waals surface area contributed by atoms with Crippen LogP contribution in [0.3, 0.4) is 0 Å². The van der Waals surface area contributed by atoms with Crippen molar-refractivity contribution in [3.05, 3.63) is 22.4 Å². The van der Waals surface area contributed by atoms with E-state index in [-0.39, 0.29) is 6.29 Å². The van der Waals surface area contributed by atoms with E-state index in [0.717, 1.165) is 39.4 Å². The van der Waals surface area contributed by atoms with Gasteiger partial charge in [-0.3, -0.25) is 4.90 Å². The van der Waals surface area contributed by atoms with Crippen molar-refractivity contribution in [3.8, 4) is 0 Å². The fraction of sp³-hybridized carbons (Fsp3) is 0.667. The Morgan fingerprint density at radius 3 is 2.65 bits per heavy atom. The molecule has 0 amide bonds. The molecule has 5 heteroatoms. The normalized spacial score (nSPS) is 31.5. The van der Waals surface area contributed by atoms with Crippen LogP contribution in [0.5, 0.6) is 0 Å². The van der Waals surface area contributed by atoms with E-state index in [1.165, 1.54) is 4.88 Å². The first-order chi connectivity index (χ1) is 8.43. The minimum Gasteiger partial charge on any atom is -0.346 e. The lowest BCUT2D eigenvalue weighted by Gasteiger charge is -2.38. The third-order valence-electron chi connectivity index (χ3n) is 3.32. The third-order valence-corrected chi connectivity index (χ3v) is 4.22. The van der Waals surface area contributed by atoms with Crippen molar-refractivity contribution < 1.29 is 9.47 Å². The number of nitrogens with one attached hydrogen (secondary N) is 1. The zero-order valence-corrected chi connectivity index (χ0v) is 10.6. The van der Waals surface area contributed by atoms with Gasteiger partial charge in [-0.25, -0.2) is 0 Å².